The average molecular weight is 1050 g/mol. The lowest BCUT2D eigenvalue weighted by atomic mass is 10.1. The van der Waals surface area contributed by atoms with Gasteiger partial charge in [0.25, 0.3) is 0 Å². The first-order chi connectivity index (χ1) is 37.5. The van der Waals surface area contributed by atoms with Crippen LogP contribution in [0.4, 0.5) is 0 Å². The second-order valence-corrected chi connectivity index (χ2v) is 20.2. The first-order valence-corrected chi connectivity index (χ1v) is 31.2. The highest BCUT2D eigenvalue weighted by Gasteiger charge is 2.19. The molecule has 0 aliphatic carbocycles. The van der Waals surface area contributed by atoms with Crippen molar-refractivity contribution >= 4 is 17.9 Å². The molecule has 0 aromatic heterocycles. The molecule has 0 aliphatic rings. The van der Waals surface area contributed by atoms with E-state index in [4.69, 9.17) is 14.2 Å². The largest absolute Gasteiger partial charge is 0.462 e. The summed E-state index contributed by atoms with van der Waals surface area (Å²) < 4.78 is 16.9. The molecule has 76 heavy (non-hydrogen) atoms. The van der Waals surface area contributed by atoms with Gasteiger partial charge in [-0.05, 0) is 135 Å². The van der Waals surface area contributed by atoms with Crippen LogP contribution in [0.3, 0.4) is 0 Å². The molecule has 0 aromatic carbocycles. The maximum atomic E-state index is 12.9. The summed E-state index contributed by atoms with van der Waals surface area (Å²) in [7, 11) is 0. The zero-order valence-corrected chi connectivity index (χ0v) is 49.2. The van der Waals surface area contributed by atoms with Gasteiger partial charge in [-0.2, -0.15) is 0 Å². The summed E-state index contributed by atoms with van der Waals surface area (Å²) in [5.74, 6) is -0.938. The minimum absolute atomic E-state index is 0.0975. The van der Waals surface area contributed by atoms with E-state index < -0.39 is 6.10 Å². The van der Waals surface area contributed by atoms with Crippen molar-refractivity contribution in [2.45, 2.75) is 277 Å². The molecule has 430 valence electrons. The number of rotatable bonds is 55. The van der Waals surface area contributed by atoms with E-state index in [1.807, 2.05) is 0 Å². The molecule has 0 saturated carbocycles. The van der Waals surface area contributed by atoms with Gasteiger partial charge < -0.3 is 14.2 Å². The number of allylic oxidation sites excluding steroid dienone is 22. The summed E-state index contributed by atoms with van der Waals surface area (Å²) in [5, 5.41) is 0. The van der Waals surface area contributed by atoms with Gasteiger partial charge in [-0.3, -0.25) is 14.4 Å². The van der Waals surface area contributed by atoms with E-state index in [1.165, 1.54) is 77.0 Å². The molecule has 0 aromatic rings. The SMILES string of the molecule is CC/C=C\C/C=C\C/C=C\C/C=C\C/C=C\C/C=C\CCCCCCC(=O)OCC(COC(=O)CCCCCCC/C=C\CCCCCCC)OC(=O)CCCCCCCCCC/C=C\C/C=C\C/C=C\C/C=C\CC. The topological polar surface area (TPSA) is 78.9 Å². The standard InChI is InChI=1S/C70H114O6/c1-4-7-10-13-16-19-22-25-28-30-32-34-35-37-38-40-42-45-48-51-54-57-60-63-69(72)75-66-67(65-74-68(71)62-59-56-53-50-47-44-27-24-21-18-15-12-9-6-3)76-70(73)64-61-58-55-52-49-46-43-41-39-36-33-31-29-26-23-20-17-14-11-8-5-2/h7-8,10-11,16-17,19-20,24-29,32-34,36-38,42,45,67H,4-6,9,12-15,18,21-23,30-31,35,39-41,43-44,46-66H2,1-3H3/b10-7-,11-8-,19-16-,20-17-,27-24-,28-25-,29-26-,34-32-,36-33-,38-37-,45-42-. The first-order valence-electron chi connectivity index (χ1n) is 31.2. The van der Waals surface area contributed by atoms with Gasteiger partial charge in [0.05, 0.1) is 0 Å². The number of hydrogen-bond donors (Lipinski definition) is 0. The van der Waals surface area contributed by atoms with Crippen LogP contribution in [0.1, 0.15) is 271 Å². The summed E-state index contributed by atoms with van der Waals surface area (Å²) in [6.07, 6.45) is 88.7. The Hall–Kier alpha value is -4.45. The number of unbranched alkanes of at least 4 members (excludes halogenated alkanes) is 22. The van der Waals surface area contributed by atoms with E-state index in [2.05, 4.69) is 154 Å². The second kappa shape index (κ2) is 63.1. The van der Waals surface area contributed by atoms with Crippen molar-refractivity contribution in [3.05, 3.63) is 134 Å². The Morgan fingerprint density at radius 2 is 0.513 bits per heavy atom. The molecule has 6 nitrogen and oxygen atoms in total. The lowest BCUT2D eigenvalue weighted by Gasteiger charge is -2.18. The molecule has 0 rings (SSSR count). The molecule has 1 unspecified atom stereocenters. The molecular formula is C70H114O6. The van der Waals surface area contributed by atoms with E-state index in [9.17, 15) is 14.4 Å². The van der Waals surface area contributed by atoms with Gasteiger partial charge in [-0.25, -0.2) is 0 Å². The van der Waals surface area contributed by atoms with Crippen LogP contribution in [-0.2, 0) is 28.6 Å². The number of carbonyl (C=O) groups is 3. The van der Waals surface area contributed by atoms with Crippen LogP contribution in [-0.4, -0.2) is 37.2 Å². The van der Waals surface area contributed by atoms with Crippen LogP contribution >= 0.6 is 0 Å². The van der Waals surface area contributed by atoms with Crippen molar-refractivity contribution in [3.8, 4) is 0 Å². The second-order valence-electron chi connectivity index (χ2n) is 20.2. The third kappa shape index (κ3) is 60.4. The van der Waals surface area contributed by atoms with E-state index in [0.29, 0.717) is 19.3 Å². The zero-order valence-electron chi connectivity index (χ0n) is 49.2. The van der Waals surface area contributed by atoms with Crippen molar-refractivity contribution in [1.82, 2.24) is 0 Å². The fourth-order valence-electron chi connectivity index (χ4n) is 8.25. The van der Waals surface area contributed by atoms with Crippen LogP contribution in [0.15, 0.2) is 134 Å². The third-order valence-electron chi connectivity index (χ3n) is 12.9. The minimum atomic E-state index is -0.803. The van der Waals surface area contributed by atoms with Gasteiger partial charge in [0.15, 0.2) is 6.10 Å². The molecule has 0 aliphatic heterocycles. The molecule has 0 bridgehead atoms. The van der Waals surface area contributed by atoms with E-state index in [1.54, 1.807) is 0 Å². The molecule has 0 spiro atoms. The van der Waals surface area contributed by atoms with Gasteiger partial charge >= 0.3 is 17.9 Å². The summed E-state index contributed by atoms with van der Waals surface area (Å²) >= 11 is 0. The van der Waals surface area contributed by atoms with Gasteiger partial charge in [-0.1, -0.05) is 251 Å². The Balaban J connectivity index is 4.46. The normalized spacial score (nSPS) is 13.0. The Bertz CT molecular complexity index is 1630. The predicted molar refractivity (Wildman–Crippen MR) is 329 cm³/mol. The minimum Gasteiger partial charge on any atom is -0.462 e. The molecule has 0 saturated heterocycles. The Morgan fingerprint density at radius 1 is 0.276 bits per heavy atom. The average Bonchev–Trinajstić information content (AvgIpc) is 3.42. The van der Waals surface area contributed by atoms with E-state index >= 15 is 0 Å². The number of hydrogen-bond acceptors (Lipinski definition) is 6. The molecule has 0 N–H and O–H groups in total. The quantitative estimate of drug-likeness (QED) is 0.0261. The summed E-state index contributed by atoms with van der Waals surface area (Å²) in [6, 6.07) is 0. The first kappa shape index (κ1) is 71.5. The highest BCUT2D eigenvalue weighted by Crippen LogP contribution is 2.14. The van der Waals surface area contributed by atoms with Crippen LogP contribution < -0.4 is 0 Å². The van der Waals surface area contributed by atoms with Crippen molar-refractivity contribution in [1.29, 1.82) is 0 Å². The highest BCUT2D eigenvalue weighted by atomic mass is 16.6. The van der Waals surface area contributed by atoms with Crippen LogP contribution in [0.25, 0.3) is 0 Å². The van der Waals surface area contributed by atoms with Gasteiger partial charge in [-0.15, -0.1) is 0 Å². The number of carbonyl (C=O) groups excluding carboxylic acids is 3. The smallest absolute Gasteiger partial charge is 0.306 e. The highest BCUT2D eigenvalue weighted by molar-refractivity contribution is 5.71. The zero-order chi connectivity index (χ0) is 55.0. The van der Waals surface area contributed by atoms with Crippen LogP contribution in [0.5, 0.6) is 0 Å². The van der Waals surface area contributed by atoms with E-state index in [-0.39, 0.29) is 31.1 Å². The summed E-state index contributed by atoms with van der Waals surface area (Å²) in [5.41, 5.74) is 0. The van der Waals surface area contributed by atoms with Crippen molar-refractivity contribution in [2.75, 3.05) is 13.2 Å². The summed E-state index contributed by atoms with van der Waals surface area (Å²) in [6.45, 7) is 6.37. The predicted octanol–water partition coefficient (Wildman–Crippen LogP) is 21.4. The molecular weight excluding hydrogens is 937 g/mol. The Labute approximate surface area is 468 Å². The lowest BCUT2D eigenvalue weighted by molar-refractivity contribution is -0.167. The molecule has 6 heteroatoms. The van der Waals surface area contributed by atoms with Crippen molar-refractivity contribution in [2.24, 2.45) is 0 Å². The third-order valence-corrected chi connectivity index (χ3v) is 12.9. The maximum absolute atomic E-state index is 12.9. The molecule has 0 heterocycles. The fourth-order valence-corrected chi connectivity index (χ4v) is 8.25. The lowest BCUT2D eigenvalue weighted by Crippen LogP contribution is -2.30. The number of esters is 3. The van der Waals surface area contributed by atoms with Crippen LogP contribution in [0, 0.1) is 0 Å². The maximum Gasteiger partial charge on any atom is 0.306 e. The van der Waals surface area contributed by atoms with Crippen molar-refractivity contribution in [3.63, 3.8) is 0 Å². The van der Waals surface area contributed by atoms with E-state index in [0.717, 1.165) is 154 Å². The fraction of sp³-hybridized carbons (Fsp3) is 0.643. The summed E-state index contributed by atoms with van der Waals surface area (Å²) in [4.78, 5) is 38.3. The Kier molecular flexibility index (Phi) is 59.4. The van der Waals surface area contributed by atoms with Gasteiger partial charge in [0.2, 0.25) is 0 Å². The monoisotopic (exact) mass is 1050 g/mol. The molecule has 1 atom stereocenters. The van der Waals surface area contributed by atoms with Crippen molar-refractivity contribution < 1.29 is 28.6 Å². The molecule has 0 radical (unpaired) electrons. The van der Waals surface area contributed by atoms with Gasteiger partial charge in [0.1, 0.15) is 13.2 Å². The molecule has 0 amide bonds. The number of ether oxygens (including phenoxy) is 3. The van der Waals surface area contributed by atoms with Gasteiger partial charge in [0, 0.05) is 19.3 Å². The van der Waals surface area contributed by atoms with Crippen LogP contribution in [0.2, 0.25) is 0 Å². The Morgan fingerprint density at radius 3 is 0.816 bits per heavy atom. The molecule has 0 fully saturated rings.